The quantitative estimate of drug-likeness (QED) is 0.525. The summed E-state index contributed by atoms with van der Waals surface area (Å²) >= 11 is 0. The first-order chi connectivity index (χ1) is 15.9. The molecule has 3 aliphatic heterocycles. The second-order valence-corrected chi connectivity index (χ2v) is 8.72. The van der Waals surface area contributed by atoms with Crippen LogP contribution in [0.15, 0.2) is 36.9 Å². The van der Waals surface area contributed by atoms with Gasteiger partial charge in [-0.15, -0.1) is 11.7 Å². The van der Waals surface area contributed by atoms with Gasteiger partial charge in [-0.05, 0) is 25.0 Å². The lowest BCUT2D eigenvalue weighted by Gasteiger charge is -2.36. The number of hydrogen-bond donors (Lipinski definition) is 2. The van der Waals surface area contributed by atoms with Gasteiger partial charge in [-0.25, -0.2) is 4.68 Å². The molecule has 0 saturated carbocycles. The smallest absolute Gasteiger partial charge is 0.310 e. The van der Waals surface area contributed by atoms with Crippen LogP contribution in [0.5, 0.6) is 0 Å². The Hall–Kier alpha value is -3.31. The van der Waals surface area contributed by atoms with Crippen LogP contribution in [0.2, 0.25) is 0 Å². The standard InChI is InChI=1S/C22H25N5O6/c1-2-9-25(12-27-14-6-4-3-5-13(14)23-24-27)20(30)18-22-8-7-15(33-22)16(21(31)32)17(22)19(29)26(18)10-11-28/h2-6,15-18,28H,1,7-12H2,(H,31,32)/t15-,16+,17-,18?,22?/m0/s1. The largest absolute Gasteiger partial charge is 0.481 e. The van der Waals surface area contributed by atoms with Crippen molar-refractivity contribution in [1.82, 2.24) is 24.8 Å². The Morgan fingerprint density at radius 1 is 1.36 bits per heavy atom. The summed E-state index contributed by atoms with van der Waals surface area (Å²) in [5, 5.41) is 27.7. The Bertz CT molecular complexity index is 1130. The number of rotatable bonds is 8. The number of aliphatic hydroxyl groups excluding tert-OH is 1. The predicted molar refractivity (Wildman–Crippen MR) is 113 cm³/mol. The number of fused-ring (bicyclic) bond motifs is 2. The summed E-state index contributed by atoms with van der Waals surface area (Å²) in [7, 11) is 0. The van der Waals surface area contributed by atoms with Crippen LogP contribution in [0.4, 0.5) is 0 Å². The molecule has 2 bridgehead atoms. The Morgan fingerprint density at radius 3 is 2.88 bits per heavy atom. The van der Waals surface area contributed by atoms with Crippen molar-refractivity contribution in [2.75, 3.05) is 19.7 Å². The Morgan fingerprint density at radius 2 is 2.15 bits per heavy atom. The molecule has 2 amide bonds. The zero-order chi connectivity index (χ0) is 23.3. The molecule has 1 aromatic heterocycles. The summed E-state index contributed by atoms with van der Waals surface area (Å²) < 4.78 is 7.73. The van der Waals surface area contributed by atoms with Gasteiger partial charge in [-0.3, -0.25) is 14.4 Å². The number of carbonyl (C=O) groups excluding carboxylic acids is 2. The van der Waals surface area contributed by atoms with E-state index in [1.807, 2.05) is 24.3 Å². The fourth-order valence-corrected chi connectivity index (χ4v) is 5.79. The van der Waals surface area contributed by atoms with E-state index in [4.69, 9.17) is 4.74 Å². The number of ether oxygens (including phenoxy) is 1. The van der Waals surface area contributed by atoms with Gasteiger partial charge in [-0.1, -0.05) is 23.4 Å². The lowest BCUT2D eigenvalue weighted by molar-refractivity contribution is -0.151. The monoisotopic (exact) mass is 455 g/mol. The zero-order valence-electron chi connectivity index (χ0n) is 17.9. The molecule has 33 heavy (non-hydrogen) atoms. The summed E-state index contributed by atoms with van der Waals surface area (Å²) in [6, 6.07) is 6.32. The van der Waals surface area contributed by atoms with Crippen LogP contribution >= 0.6 is 0 Å². The average molecular weight is 455 g/mol. The van der Waals surface area contributed by atoms with Crippen LogP contribution in [0.3, 0.4) is 0 Å². The summed E-state index contributed by atoms with van der Waals surface area (Å²) in [5.74, 6) is -3.91. The van der Waals surface area contributed by atoms with E-state index in [-0.39, 0.29) is 26.4 Å². The SMILES string of the molecule is C=CCN(Cn1nnc2ccccc21)C(=O)C1N(CCO)C(=O)[C@@H]2[C@H](C(=O)O)[C@@H]3CCC12O3. The number of amides is 2. The van der Waals surface area contributed by atoms with Gasteiger partial charge in [0.1, 0.15) is 23.8 Å². The van der Waals surface area contributed by atoms with E-state index >= 15 is 0 Å². The molecule has 5 atom stereocenters. The predicted octanol–water partition coefficient (Wildman–Crippen LogP) is -0.145. The second kappa shape index (κ2) is 7.92. The van der Waals surface area contributed by atoms with Crippen molar-refractivity contribution in [3.8, 4) is 0 Å². The number of likely N-dealkylation sites (tertiary alicyclic amines) is 1. The first-order valence-corrected chi connectivity index (χ1v) is 10.9. The van der Waals surface area contributed by atoms with Gasteiger partial charge >= 0.3 is 5.97 Å². The van der Waals surface area contributed by atoms with Gasteiger partial charge in [0.25, 0.3) is 0 Å². The first-order valence-electron chi connectivity index (χ1n) is 10.9. The van der Waals surface area contributed by atoms with E-state index < -0.39 is 47.4 Å². The van der Waals surface area contributed by atoms with Crippen molar-refractivity contribution < 1.29 is 29.3 Å². The molecule has 11 nitrogen and oxygen atoms in total. The third kappa shape index (κ3) is 3.06. The van der Waals surface area contributed by atoms with Crippen LogP contribution in [0.1, 0.15) is 12.8 Å². The summed E-state index contributed by atoms with van der Waals surface area (Å²) in [4.78, 5) is 42.0. The maximum atomic E-state index is 13.9. The van der Waals surface area contributed by atoms with Crippen molar-refractivity contribution >= 4 is 28.8 Å². The van der Waals surface area contributed by atoms with Crippen LogP contribution in [0.25, 0.3) is 11.0 Å². The fraction of sp³-hybridized carbons (Fsp3) is 0.500. The van der Waals surface area contributed by atoms with Gasteiger partial charge in [0.2, 0.25) is 11.8 Å². The van der Waals surface area contributed by atoms with Gasteiger partial charge in [0.05, 0.1) is 30.1 Å². The van der Waals surface area contributed by atoms with Gasteiger partial charge in [-0.2, -0.15) is 0 Å². The topological polar surface area (TPSA) is 138 Å². The molecule has 5 rings (SSSR count). The molecule has 2 unspecified atom stereocenters. The molecule has 1 aromatic carbocycles. The molecular weight excluding hydrogens is 430 g/mol. The number of benzene rings is 1. The van der Waals surface area contributed by atoms with Gasteiger partial charge < -0.3 is 24.7 Å². The second-order valence-electron chi connectivity index (χ2n) is 8.72. The fourth-order valence-electron chi connectivity index (χ4n) is 5.79. The molecule has 1 spiro atoms. The number of carbonyl (C=O) groups is 3. The Balaban J connectivity index is 1.52. The highest BCUT2D eigenvalue weighted by Crippen LogP contribution is 2.58. The maximum Gasteiger partial charge on any atom is 0.310 e. The number of carboxylic acids is 1. The number of carboxylic acid groups (broad SMARTS) is 1. The summed E-state index contributed by atoms with van der Waals surface area (Å²) in [6.07, 6.45) is 1.85. The number of para-hydroxylation sites is 1. The number of hydrogen-bond acceptors (Lipinski definition) is 7. The molecule has 0 aliphatic carbocycles. The van der Waals surface area contributed by atoms with Crippen molar-refractivity contribution in [2.45, 2.75) is 37.3 Å². The molecule has 11 heteroatoms. The lowest BCUT2D eigenvalue weighted by atomic mass is 9.70. The minimum absolute atomic E-state index is 0.0650. The first kappa shape index (κ1) is 21.5. The molecule has 0 radical (unpaired) electrons. The van der Waals surface area contributed by atoms with Crippen LogP contribution < -0.4 is 0 Å². The molecular formula is C22H25N5O6. The number of aliphatic carboxylic acids is 1. The minimum Gasteiger partial charge on any atom is -0.481 e. The molecule has 174 valence electrons. The van der Waals surface area contributed by atoms with Gasteiger partial charge in [0.15, 0.2) is 0 Å². The highest BCUT2D eigenvalue weighted by molar-refractivity contribution is 5.98. The van der Waals surface area contributed by atoms with Crippen molar-refractivity contribution in [3.05, 3.63) is 36.9 Å². The summed E-state index contributed by atoms with van der Waals surface area (Å²) in [5.41, 5.74) is 0.206. The van der Waals surface area contributed by atoms with E-state index in [9.17, 15) is 24.6 Å². The number of aromatic nitrogens is 3. The molecule has 2 aromatic rings. The number of β-amino-alcohol motifs (C(OH)–C–C–N with tert-alkyl or cyclic N) is 1. The maximum absolute atomic E-state index is 13.9. The van der Waals surface area contributed by atoms with Crippen LogP contribution in [-0.2, 0) is 25.8 Å². The number of nitrogens with zero attached hydrogens (tertiary/aromatic N) is 5. The van der Waals surface area contributed by atoms with E-state index in [1.165, 1.54) is 9.80 Å². The molecule has 3 saturated heterocycles. The van der Waals surface area contributed by atoms with E-state index in [2.05, 4.69) is 16.9 Å². The minimum atomic E-state index is -1.22. The van der Waals surface area contributed by atoms with E-state index in [0.717, 1.165) is 5.52 Å². The van der Waals surface area contributed by atoms with Gasteiger partial charge in [0, 0.05) is 13.1 Å². The van der Waals surface area contributed by atoms with E-state index in [1.54, 1.807) is 10.8 Å². The average Bonchev–Trinajstić information content (AvgIpc) is 3.54. The summed E-state index contributed by atoms with van der Waals surface area (Å²) in [6.45, 7) is 3.56. The highest BCUT2D eigenvalue weighted by atomic mass is 16.5. The molecule has 3 aliphatic rings. The van der Waals surface area contributed by atoms with Crippen LogP contribution in [0, 0.1) is 11.8 Å². The molecule has 4 heterocycles. The lowest BCUT2D eigenvalue weighted by Crippen LogP contribution is -2.56. The van der Waals surface area contributed by atoms with Crippen molar-refractivity contribution in [2.24, 2.45) is 11.8 Å². The van der Waals surface area contributed by atoms with Crippen LogP contribution in [-0.4, -0.2) is 90.2 Å². The Labute approximate surface area is 189 Å². The highest BCUT2D eigenvalue weighted by Gasteiger charge is 2.74. The zero-order valence-corrected chi connectivity index (χ0v) is 17.9. The molecule has 2 N–H and O–H groups in total. The van der Waals surface area contributed by atoms with Crippen molar-refractivity contribution in [3.63, 3.8) is 0 Å². The third-order valence-corrected chi connectivity index (χ3v) is 7.05. The Kier molecular flexibility index (Phi) is 5.17. The normalized spacial score (nSPS) is 30.1. The number of aliphatic hydroxyl groups is 1. The van der Waals surface area contributed by atoms with Crippen molar-refractivity contribution in [1.29, 1.82) is 0 Å². The van der Waals surface area contributed by atoms with E-state index in [0.29, 0.717) is 18.4 Å². The third-order valence-electron chi connectivity index (χ3n) is 7.05. The molecule has 3 fully saturated rings.